The monoisotopic (exact) mass is 242 g/mol. The van der Waals surface area contributed by atoms with Gasteiger partial charge in [0.1, 0.15) is 0 Å². The summed E-state index contributed by atoms with van der Waals surface area (Å²) >= 11 is 0. The maximum atomic E-state index is 10.3. The highest BCUT2D eigenvalue weighted by molar-refractivity contribution is 7.46. The summed E-state index contributed by atoms with van der Waals surface area (Å²) in [5.41, 5.74) is -0.457. The van der Waals surface area contributed by atoms with E-state index in [1.807, 2.05) is 20.8 Å². The molecule has 15 heavy (non-hydrogen) atoms. The van der Waals surface area contributed by atoms with E-state index in [0.29, 0.717) is 0 Å². The molecule has 0 spiro atoms. The summed E-state index contributed by atoms with van der Waals surface area (Å²) in [4.78, 5) is 16.8. The Morgan fingerprint density at radius 2 is 1.93 bits per heavy atom. The van der Waals surface area contributed by atoms with Crippen molar-refractivity contribution in [3.63, 3.8) is 0 Å². The molecule has 0 rings (SSSR count). The first kappa shape index (κ1) is 15.0. The Labute approximate surface area is 89.5 Å². The summed E-state index contributed by atoms with van der Waals surface area (Å²) in [5.74, 6) is 0. The summed E-state index contributed by atoms with van der Waals surface area (Å²) in [6, 6.07) is 0. The van der Waals surface area contributed by atoms with Crippen molar-refractivity contribution >= 4 is 7.82 Å². The summed E-state index contributed by atoms with van der Waals surface area (Å²) in [6.45, 7) is 5.31. The number of hydrogen-bond donors (Lipinski definition) is 3. The zero-order valence-corrected chi connectivity index (χ0v) is 10.1. The second kappa shape index (κ2) is 5.94. The van der Waals surface area contributed by atoms with E-state index in [0.717, 1.165) is 6.42 Å². The molecule has 0 aliphatic carbocycles. The van der Waals surface area contributed by atoms with Gasteiger partial charge in [-0.1, -0.05) is 6.92 Å². The number of rotatable bonds is 7. The summed E-state index contributed by atoms with van der Waals surface area (Å²) < 4.78 is 19.7. The lowest BCUT2D eigenvalue weighted by atomic mass is 10.1. The number of ether oxygens (including phenoxy) is 1. The molecule has 0 radical (unpaired) electrons. The van der Waals surface area contributed by atoms with E-state index >= 15 is 0 Å². The molecule has 1 atom stereocenters. The number of hydrogen-bond acceptors (Lipinski definition) is 4. The van der Waals surface area contributed by atoms with E-state index in [-0.39, 0.29) is 13.0 Å². The van der Waals surface area contributed by atoms with E-state index < -0.39 is 19.7 Å². The molecule has 7 heteroatoms. The van der Waals surface area contributed by atoms with Crippen LogP contribution in [-0.2, 0) is 13.8 Å². The van der Waals surface area contributed by atoms with E-state index in [1.165, 1.54) is 0 Å². The predicted octanol–water partition coefficient (Wildman–Crippen LogP) is 1.01. The van der Waals surface area contributed by atoms with Gasteiger partial charge in [-0.3, -0.25) is 4.52 Å². The van der Waals surface area contributed by atoms with Crippen molar-refractivity contribution in [2.24, 2.45) is 0 Å². The molecule has 0 heterocycles. The van der Waals surface area contributed by atoms with Crippen molar-refractivity contribution in [3.05, 3.63) is 0 Å². The van der Waals surface area contributed by atoms with E-state index in [1.54, 1.807) is 0 Å². The molecule has 0 bridgehead atoms. The van der Waals surface area contributed by atoms with Crippen LogP contribution in [0, 0.1) is 0 Å². The summed E-state index contributed by atoms with van der Waals surface area (Å²) in [5, 5.41) is 9.36. The SMILES string of the molecule is CCC(C)(C)OC(O)CCOP(=O)(O)O. The molecule has 0 aromatic carbocycles. The quantitative estimate of drug-likeness (QED) is 0.455. The molecule has 6 nitrogen and oxygen atoms in total. The average Bonchev–Trinajstić information content (AvgIpc) is 2.00. The first-order chi connectivity index (χ1) is 6.66. The Hall–Kier alpha value is 0.0300. The van der Waals surface area contributed by atoms with Gasteiger partial charge in [0, 0.05) is 6.42 Å². The first-order valence-corrected chi connectivity index (χ1v) is 6.25. The lowest BCUT2D eigenvalue weighted by Crippen LogP contribution is -2.30. The second-order valence-electron chi connectivity index (χ2n) is 3.80. The molecule has 0 aliphatic rings. The zero-order chi connectivity index (χ0) is 12.1. The van der Waals surface area contributed by atoms with Crippen LogP contribution in [0.4, 0.5) is 0 Å². The third-order valence-electron chi connectivity index (χ3n) is 1.93. The highest BCUT2D eigenvalue weighted by Gasteiger charge is 2.21. The number of phosphoric acid groups is 1. The third kappa shape index (κ3) is 8.99. The van der Waals surface area contributed by atoms with Crippen LogP contribution < -0.4 is 0 Å². The van der Waals surface area contributed by atoms with Crippen molar-refractivity contribution in [3.8, 4) is 0 Å². The van der Waals surface area contributed by atoms with Gasteiger partial charge in [-0.2, -0.15) is 0 Å². The fourth-order valence-corrected chi connectivity index (χ4v) is 1.13. The van der Waals surface area contributed by atoms with Gasteiger partial charge >= 0.3 is 7.82 Å². The molecular formula is C8H19O6P. The van der Waals surface area contributed by atoms with Crippen LogP contribution in [0.3, 0.4) is 0 Å². The smallest absolute Gasteiger partial charge is 0.368 e. The molecule has 3 N–H and O–H groups in total. The lowest BCUT2D eigenvalue weighted by molar-refractivity contribution is -0.178. The lowest BCUT2D eigenvalue weighted by Gasteiger charge is -2.26. The topological polar surface area (TPSA) is 96.2 Å². The Morgan fingerprint density at radius 1 is 1.40 bits per heavy atom. The standard InChI is InChI=1S/C8H19O6P/c1-4-8(2,3)14-7(9)5-6-13-15(10,11)12/h7,9H,4-6H2,1-3H3,(H2,10,11,12). The highest BCUT2D eigenvalue weighted by Crippen LogP contribution is 2.35. The largest absolute Gasteiger partial charge is 0.469 e. The van der Waals surface area contributed by atoms with Crippen LogP contribution in [0.5, 0.6) is 0 Å². The molecule has 0 saturated carbocycles. The average molecular weight is 242 g/mol. The van der Waals surface area contributed by atoms with Gasteiger partial charge in [0.2, 0.25) is 0 Å². The highest BCUT2D eigenvalue weighted by atomic mass is 31.2. The fraction of sp³-hybridized carbons (Fsp3) is 1.00. The first-order valence-electron chi connectivity index (χ1n) is 4.72. The summed E-state index contributed by atoms with van der Waals surface area (Å²) in [6.07, 6.45) is -0.329. The molecule has 0 aromatic heterocycles. The number of phosphoric ester groups is 1. The molecule has 0 aliphatic heterocycles. The molecular weight excluding hydrogens is 223 g/mol. The van der Waals surface area contributed by atoms with Crippen LogP contribution in [0.25, 0.3) is 0 Å². The molecule has 0 amide bonds. The minimum Gasteiger partial charge on any atom is -0.368 e. The van der Waals surface area contributed by atoms with Gasteiger partial charge in [0.25, 0.3) is 0 Å². The van der Waals surface area contributed by atoms with E-state index in [9.17, 15) is 9.67 Å². The van der Waals surface area contributed by atoms with Crippen molar-refractivity contribution in [1.29, 1.82) is 0 Å². The van der Waals surface area contributed by atoms with Crippen LogP contribution in [0.1, 0.15) is 33.6 Å². The number of aliphatic hydroxyl groups is 1. The molecule has 0 aromatic rings. The van der Waals surface area contributed by atoms with Gasteiger partial charge in [-0.25, -0.2) is 4.57 Å². The van der Waals surface area contributed by atoms with Gasteiger partial charge in [0.05, 0.1) is 12.2 Å². The van der Waals surface area contributed by atoms with Crippen molar-refractivity contribution in [1.82, 2.24) is 0 Å². The molecule has 0 saturated heterocycles. The maximum absolute atomic E-state index is 10.3. The van der Waals surface area contributed by atoms with Crippen LogP contribution >= 0.6 is 7.82 Å². The predicted molar refractivity (Wildman–Crippen MR) is 54.1 cm³/mol. The Balaban J connectivity index is 3.76. The van der Waals surface area contributed by atoms with Crippen LogP contribution in [0.2, 0.25) is 0 Å². The van der Waals surface area contributed by atoms with Gasteiger partial charge < -0.3 is 19.6 Å². The maximum Gasteiger partial charge on any atom is 0.469 e. The van der Waals surface area contributed by atoms with Crippen molar-refractivity contribution < 1.29 is 28.7 Å². The van der Waals surface area contributed by atoms with Gasteiger partial charge in [-0.15, -0.1) is 0 Å². The normalized spacial score (nSPS) is 15.3. The van der Waals surface area contributed by atoms with Crippen LogP contribution in [0.15, 0.2) is 0 Å². The third-order valence-corrected chi connectivity index (χ3v) is 2.45. The Kier molecular flexibility index (Phi) is 5.95. The number of aliphatic hydroxyl groups excluding tert-OH is 1. The zero-order valence-electron chi connectivity index (χ0n) is 9.21. The van der Waals surface area contributed by atoms with Crippen molar-refractivity contribution in [2.45, 2.75) is 45.5 Å². The minimum atomic E-state index is -4.45. The van der Waals surface area contributed by atoms with E-state index in [4.69, 9.17) is 14.5 Å². The minimum absolute atomic E-state index is 0.0224. The molecule has 0 fully saturated rings. The second-order valence-corrected chi connectivity index (χ2v) is 5.04. The Bertz CT molecular complexity index is 223. The summed E-state index contributed by atoms with van der Waals surface area (Å²) in [7, 11) is -4.45. The molecule has 1 unspecified atom stereocenters. The van der Waals surface area contributed by atoms with Gasteiger partial charge in [0.15, 0.2) is 6.29 Å². The fourth-order valence-electron chi connectivity index (χ4n) is 0.783. The van der Waals surface area contributed by atoms with E-state index in [2.05, 4.69) is 4.52 Å². The Morgan fingerprint density at radius 3 is 2.33 bits per heavy atom. The van der Waals surface area contributed by atoms with Crippen LogP contribution in [-0.4, -0.2) is 33.4 Å². The molecule has 92 valence electrons. The van der Waals surface area contributed by atoms with Crippen molar-refractivity contribution in [2.75, 3.05) is 6.61 Å². The van der Waals surface area contributed by atoms with Gasteiger partial charge in [-0.05, 0) is 20.3 Å².